The molecule has 1 heterocycles. The van der Waals surface area contributed by atoms with Crippen molar-refractivity contribution in [1.82, 2.24) is 0 Å². The van der Waals surface area contributed by atoms with E-state index in [4.69, 9.17) is 15.5 Å². The van der Waals surface area contributed by atoms with Gasteiger partial charge in [-0.3, -0.25) is 9.09 Å². The highest BCUT2D eigenvalue weighted by Crippen LogP contribution is 2.57. The van der Waals surface area contributed by atoms with Crippen LogP contribution in [0, 0.1) is 12.3 Å². The molecule has 0 aromatic heterocycles. The Morgan fingerprint density at radius 2 is 2.45 bits per heavy atom. The zero-order valence-electron chi connectivity index (χ0n) is 6.66. The van der Waals surface area contributed by atoms with Gasteiger partial charge in [0.1, 0.15) is 5.60 Å². The predicted molar refractivity (Wildman–Crippen MR) is 42.4 cm³/mol. The molecule has 1 aliphatic rings. The molecule has 0 spiro atoms. The van der Waals surface area contributed by atoms with Gasteiger partial charge in [0.05, 0.1) is 6.16 Å². The van der Waals surface area contributed by atoms with Crippen LogP contribution in [-0.4, -0.2) is 18.9 Å². The fourth-order valence-corrected chi connectivity index (χ4v) is 2.78. The van der Waals surface area contributed by atoms with Gasteiger partial charge in [0.15, 0.2) is 0 Å². The van der Waals surface area contributed by atoms with Gasteiger partial charge in [-0.25, -0.2) is 0 Å². The molecule has 4 heteroatoms. The molecule has 0 N–H and O–H groups in total. The number of hydrogen-bond donors (Lipinski definition) is 0. The summed E-state index contributed by atoms with van der Waals surface area (Å²) in [6.07, 6.45) is 6.22. The maximum absolute atomic E-state index is 11.4. The average Bonchev–Trinajstić information content (AvgIpc) is 2.30. The van der Waals surface area contributed by atoms with Gasteiger partial charge in [0.2, 0.25) is 0 Å². The summed E-state index contributed by atoms with van der Waals surface area (Å²) < 4.78 is 21.3. The molecule has 0 bridgehead atoms. The van der Waals surface area contributed by atoms with Gasteiger partial charge in [0, 0.05) is 7.11 Å². The molecule has 2 unspecified atom stereocenters. The minimum Gasteiger partial charge on any atom is -0.312 e. The van der Waals surface area contributed by atoms with Crippen LogP contribution in [0.5, 0.6) is 0 Å². The summed E-state index contributed by atoms with van der Waals surface area (Å²) in [5.41, 5.74) is -0.689. The van der Waals surface area contributed by atoms with Crippen LogP contribution in [0.4, 0.5) is 0 Å². The van der Waals surface area contributed by atoms with Crippen LogP contribution in [0.3, 0.4) is 0 Å². The smallest absolute Gasteiger partial charge is 0.312 e. The van der Waals surface area contributed by atoms with Crippen molar-refractivity contribution < 1.29 is 13.6 Å². The van der Waals surface area contributed by atoms with E-state index in [9.17, 15) is 4.57 Å². The molecular formula is C7H11O3P. The summed E-state index contributed by atoms with van der Waals surface area (Å²) in [7, 11) is -1.45. The first-order valence-corrected chi connectivity index (χ1v) is 5.10. The molecule has 11 heavy (non-hydrogen) atoms. The standard InChI is InChI=1S/C7H11O3P/c1-4-7(2)5-6-11(8,9-3)10-7/h1H,5-6H2,2-3H3. The number of terminal acetylenes is 1. The molecule has 0 aliphatic carbocycles. The Balaban J connectivity index is 2.76. The predicted octanol–water partition coefficient (Wildman–Crippen LogP) is 1.64. The molecule has 1 aliphatic heterocycles. The van der Waals surface area contributed by atoms with E-state index in [0.717, 1.165) is 0 Å². The Bertz CT molecular complexity index is 243. The number of rotatable bonds is 1. The topological polar surface area (TPSA) is 35.5 Å². The highest BCUT2D eigenvalue weighted by molar-refractivity contribution is 7.54. The molecule has 0 aromatic carbocycles. The molecule has 1 rings (SSSR count). The fourth-order valence-electron chi connectivity index (χ4n) is 0.976. The van der Waals surface area contributed by atoms with Crippen molar-refractivity contribution in [3.8, 4) is 12.3 Å². The summed E-state index contributed by atoms with van der Waals surface area (Å²) in [6, 6.07) is 0. The van der Waals surface area contributed by atoms with Crippen LogP contribution >= 0.6 is 7.60 Å². The highest BCUT2D eigenvalue weighted by Gasteiger charge is 2.42. The Labute approximate surface area is 66.6 Å². The highest BCUT2D eigenvalue weighted by atomic mass is 31.2. The van der Waals surface area contributed by atoms with E-state index in [0.29, 0.717) is 12.6 Å². The van der Waals surface area contributed by atoms with Crippen molar-refractivity contribution in [2.75, 3.05) is 13.3 Å². The Kier molecular flexibility index (Phi) is 2.11. The van der Waals surface area contributed by atoms with Crippen molar-refractivity contribution >= 4 is 7.60 Å². The second kappa shape index (κ2) is 2.64. The lowest BCUT2D eigenvalue weighted by molar-refractivity contribution is 0.151. The van der Waals surface area contributed by atoms with Gasteiger partial charge >= 0.3 is 7.60 Å². The molecular weight excluding hydrogens is 163 g/mol. The van der Waals surface area contributed by atoms with Crippen LogP contribution in [0.25, 0.3) is 0 Å². The molecule has 1 fully saturated rings. The second-order valence-corrected chi connectivity index (χ2v) is 4.95. The molecule has 0 radical (unpaired) electrons. The van der Waals surface area contributed by atoms with E-state index in [1.807, 2.05) is 0 Å². The molecule has 2 atom stereocenters. The zero-order valence-corrected chi connectivity index (χ0v) is 7.56. The zero-order chi connectivity index (χ0) is 8.54. The third kappa shape index (κ3) is 1.65. The lowest BCUT2D eigenvalue weighted by atomic mass is 10.1. The first-order chi connectivity index (χ1) is 5.04. The largest absolute Gasteiger partial charge is 0.332 e. The Morgan fingerprint density at radius 1 is 1.82 bits per heavy atom. The van der Waals surface area contributed by atoms with Gasteiger partial charge in [-0.15, -0.1) is 6.42 Å². The summed E-state index contributed by atoms with van der Waals surface area (Å²) >= 11 is 0. The van der Waals surface area contributed by atoms with Crippen LogP contribution < -0.4 is 0 Å². The summed E-state index contributed by atoms with van der Waals surface area (Å²) in [4.78, 5) is 0. The van der Waals surface area contributed by atoms with Crippen LogP contribution in [-0.2, 0) is 13.6 Å². The molecule has 0 saturated carbocycles. The number of hydrogen-bond acceptors (Lipinski definition) is 3. The lowest BCUT2D eigenvalue weighted by Gasteiger charge is -2.16. The van der Waals surface area contributed by atoms with E-state index >= 15 is 0 Å². The van der Waals surface area contributed by atoms with E-state index in [1.165, 1.54) is 7.11 Å². The van der Waals surface area contributed by atoms with E-state index in [1.54, 1.807) is 6.92 Å². The first kappa shape index (κ1) is 8.80. The Hall–Kier alpha value is -0.290. The van der Waals surface area contributed by atoms with E-state index < -0.39 is 13.2 Å². The van der Waals surface area contributed by atoms with Gasteiger partial charge in [-0.05, 0) is 13.3 Å². The van der Waals surface area contributed by atoms with Crippen molar-refractivity contribution in [2.45, 2.75) is 18.9 Å². The minimum absolute atomic E-state index is 0.421. The maximum Gasteiger partial charge on any atom is 0.332 e. The van der Waals surface area contributed by atoms with Crippen molar-refractivity contribution in [1.29, 1.82) is 0 Å². The van der Waals surface area contributed by atoms with Gasteiger partial charge in [-0.2, -0.15) is 0 Å². The summed E-state index contributed by atoms with van der Waals surface area (Å²) in [5, 5.41) is 0. The van der Waals surface area contributed by atoms with Crippen molar-refractivity contribution in [2.24, 2.45) is 0 Å². The molecule has 0 aromatic rings. The van der Waals surface area contributed by atoms with Gasteiger partial charge in [0.25, 0.3) is 0 Å². The van der Waals surface area contributed by atoms with E-state index in [-0.39, 0.29) is 0 Å². The van der Waals surface area contributed by atoms with Crippen LogP contribution in [0.1, 0.15) is 13.3 Å². The van der Waals surface area contributed by atoms with Crippen LogP contribution in [0.15, 0.2) is 0 Å². The van der Waals surface area contributed by atoms with Crippen molar-refractivity contribution in [3.05, 3.63) is 0 Å². The second-order valence-electron chi connectivity index (χ2n) is 2.73. The summed E-state index contributed by atoms with van der Waals surface area (Å²) in [6.45, 7) is 1.74. The Morgan fingerprint density at radius 3 is 2.73 bits per heavy atom. The minimum atomic E-state index is -2.83. The monoisotopic (exact) mass is 174 g/mol. The third-order valence-corrected chi connectivity index (χ3v) is 3.80. The maximum atomic E-state index is 11.4. The normalized spacial score (nSPS) is 43.7. The first-order valence-electron chi connectivity index (χ1n) is 3.37. The SMILES string of the molecule is C#CC1(C)CCP(=O)(OC)O1. The molecule has 1 saturated heterocycles. The molecule has 62 valence electrons. The molecule has 3 nitrogen and oxygen atoms in total. The average molecular weight is 174 g/mol. The molecule has 0 amide bonds. The van der Waals surface area contributed by atoms with Crippen LogP contribution in [0.2, 0.25) is 0 Å². The van der Waals surface area contributed by atoms with Gasteiger partial charge < -0.3 is 4.52 Å². The van der Waals surface area contributed by atoms with E-state index in [2.05, 4.69) is 5.92 Å². The quantitative estimate of drug-likeness (QED) is 0.447. The summed E-state index contributed by atoms with van der Waals surface area (Å²) in [5.74, 6) is 2.46. The lowest BCUT2D eigenvalue weighted by Crippen LogP contribution is -2.18. The van der Waals surface area contributed by atoms with Gasteiger partial charge in [-0.1, -0.05) is 5.92 Å². The fraction of sp³-hybridized carbons (Fsp3) is 0.714. The van der Waals surface area contributed by atoms with Crippen molar-refractivity contribution in [3.63, 3.8) is 0 Å². The third-order valence-electron chi connectivity index (χ3n) is 1.79.